The predicted molar refractivity (Wildman–Crippen MR) is 80.1 cm³/mol. The van der Waals surface area contributed by atoms with Crippen molar-refractivity contribution >= 4 is 23.4 Å². The summed E-state index contributed by atoms with van der Waals surface area (Å²) in [5.41, 5.74) is 1.45. The Morgan fingerprint density at radius 3 is 2.48 bits per heavy atom. The third-order valence-corrected chi connectivity index (χ3v) is 3.61. The second kappa shape index (κ2) is 8.67. The molecule has 21 heavy (non-hydrogen) atoms. The van der Waals surface area contributed by atoms with E-state index in [1.807, 2.05) is 13.8 Å². The standard InChI is InChI=1S/C14H22ClN3O3/c1-4-18(5-2)13(20)8-9-16-12(19)7-6-11-10(3)17-21-14(11)15/h4-9H2,1-3H3,(H,16,19). The number of hydrogen-bond acceptors (Lipinski definition) is 4. The molecule has 118 valence electrons. The molecule has 0 aliphatic carbocycles. The Labute approximate surface area is 129 Å². The van der Waals surface area contributed by atoms with E-state index in [4.69, 9.17) is 16.1 Å². The number of aromatic nitrogens is 1. The van der Waals surface area contributed by atoms with Gasteiger partial charge in [0, 0.05) is 38.0 Å². The third kappa shape index (κ3) is 5.38. The Hall–Kier alpha value is -1.56. The zero-order valence-corrected chi connectivity index (χ0v) is 13.5. The SMILES string of the molecule is CCN(CC)C(=O)CCNC(=O)CCc1c(C)noc1Cl. The van der Waals surface area contributed by atoms with Crippen molar-refractivity contribution in [2.75, 3.05) is 19.6 Å². The van der Waals surface area contributed by atoms with Crippen molar-refractivity contribution < 1.29 is 14.1 Å². The van der Waals surface area contributed by atoms with E-state index in [1.54, 1.807) is 11.8 Å². The molecule has 0 radical (unpaired) electrons. The molecule has 1 N–H and O–H groups in total. The molecular weight excluding hydrogens is 294 g/mol. The van der Waals surface area contributed by atoms with Gasteiger partial charge in [0.1, 0.15) is 0 Å². The molecule has 0 aromatic carbocycles. The van der Waals surface area contributed by atoms with E-state index in [9.17, 15) is 9.59 Å². The molecule has 1 heterocycles. The number of rotatable bonds is 8. The molecule has 0 saturated carbocycles. The molecule has 0 unspecified atom stereocenters. The van der Waals surface area contributed by atoms with Crippen LogP contribution >= 0.6 is 11.6 Å². The van der Waals surface area contributed by atoms with Crippen molar-refractivity contribution in [3.63, 3.8) is 0 Å². The molecule has 1 aromatic heterocycles. The molecule has 1 rings (SSSR count). The van der Waals surface area contributed by atoms with Crippen LogP contribution in [0.5, 0.6) is 0 Å². The van der Waals surface area contributed by atoms with Gasteiger partial charge in [-0.15, -0.1) is 0 Å². The normalized spacial score (nSPS) is 10.5. The molecule has 7 heteroatoms. The van der Waals surface area contributed by atoms with E-state index >= 15 is 0 Å². The van der Waals surface area contributed by atoms with Crippen LogP contribution < -0.4 is 5.32 Å². The van der Waals surface area contributed by atoms with E-state index in [-0.39, 0.29) is 17.0 Å². The van der Waals surface area contributed by atoms with E-state index in [0.717, 1.165) is 5.56 Å². The first-order valence-electron chi connectivity index (χ1n) is 7.14. The minimum absolute atomic E-state index is 0.0539. The average Bonchev–Trinajstić information content (AvgIpc) is 2.77. The highest BCUT2D eigenvalue weighted by molar-refractivity contribution is 6.29. The predicted octanol–water partition coefficient (Wildman–Crippen LogP) is 1.94. The average molecular weight is 316 g/mol. The Morgan fingerprint density at radius 1 is 1.29 bits per heavy atom. The highest BCUT2D eigenvalue weighted by Gasteiger charge is 2.13. The van der Waals surface area contributed by atoms with Gasteiger partial charge in [-0.05, 0) is 38.8 Å². The lowest BCUT2D eigenvalue weighted by molar-refractivity contribution is -0.130. The van der Waals surface area contributed by atoms with Gasteiger partial charge in [-0.3, -0.25) is 9.59 Å². The van der Waals surface area contributed by atoms with E-state index in [2.05, 4.69) is 10.5 Å². The van der Waals surface area contributed by atoms with Crippen LogP contribution in [0.15, 0.2) is 4.52 Å². The van der Waals surface area contributed by atoms with E-state index in [0.29, 0.717) is 44.6 Å². The molecule has 0 aliphatic rings. The summed E-state index contributed by atoms with van der Waals surface area (Å²) in [4.78, 5) is 25.2. The van der Waals surface area contributed by atoms with Crippen LogP contribution in [0.25, 0.3) is 0 Å². The fourth-order valence-corrected chi connectivity index (χ4v) is 2.28. The quantitative estimate of drug-likeness (QED) is 0.795. The zero-order chi connectivity index (χ0) is 15.8. The second-order valence-corrected chi connectivity index (χ2v) is 5.03. The van der Waals surface area contributed by atoms with Gasteiger partial charge in [-0.25, -0.2) is 0 Å². The van der Waals surface area contributed by atoms with Crippen LogP contribution in [0, 0.1) is 6.92 Å². The fourth-order valence-electron chi connectivity index (χ4n) is 2.01. The lowest BCUT2D eigenvalue weighted by Gasteiger charge is -2.18. The lowest BCUT2D eigenvalue weighted by atomic mass is 10.1. The number of halogens is 1. The summed E-state index contributed by atoms with van der Waals surface area (Å²) in [6.45, 7) is 7.38. The fraction of sp³-hybridized carbons (Fsp3) is 0.643. The molecule has 0 spiro atoms. The van der Waals surface area contributed by atoms with Crippen LogP contribution in [0.1, 0.15) is 37.9 Å². The molecule has 6 nitrogen and oxygen atoms in total. The van der Waals surface area contributed by atoms with Gasteiger partial charge in [0.15, 0.2) is 0 Å². The summed E-state index contributed by atoms with van der Waals surface area (Å²) < 4.78 is 4.82. The lowest BCUT2D eigenvalue weighted by Crippen LogP contribution is -2.34. The maximum atomic E-state index is 11.8. The zero-order valence-electron chi connectivity index (χ0n) is 12.7. The van der Waals surface area contributed by atoms with E-state index < -0.39 is 0 Å². The van der Waals surface area contributed by atoms with Crippen molar-refractivity contribution in [2.24, 2.45) is 0 Å². The van der Waals surface area contributed by atoms with Gasteiger partial charge in [0.2, 0.25) is 17.0 Å². The van der Waals surface area contributed by atoms with Gasteiger partial charge >= 0.3 is 0 Å². The number of aryl methyl sites for hydroxylation is 1. The Bertz CT molecular complexity index is 464. The number of nitrogens with zero attached hydrogens (tertiary/aromatic N) is 2. The minimum atomic E-state index is -0.112. The van der Waals surface area contributed by atoms with Crippen molar-refractivity contribution in [1.29, 1.82) is 0 Å². The molecule has 0 aliphatic heterocycles. The second-order valence-electron chi connectivity index (χ2n) is 4.69. The highest BCUT2D eigenvalue weighted by Crippen LogP contribution is 2.20. The number of carbonyl (C=O) groups is 2. The molecule has 0 bridgehead atoms. The van der Waals surface area contributed by atoms with Crippen LogP contribution in [-0.2, 0) is 16.0 Å². The number of hydrogen-bond donors (Lipinski definition) is 1. The summed E-state index contributed by atoms with van der Waals surface area (Å²) in [5.74, 6) is -0.0581. The maximum Gasteiger partial charge on any atom is 0.229 e. The first kappa shape index (κ1) is 17.5. The Balaban J connectivity index is 2.27. The molecule has 2 amide bonds. The number of amides is 2. The van der Waals surface area contributed by atoms with E-state index in [1.165, 1.54) is 0 Å². The molecule has 0 fully saturated rings. The Morgan fingerprint density at radius 2 is 1.95 bits per heavy atom. The van der Waals surface area contributed by atoms with Crippen molar-refractivity contribution in [3.05, 3.63) is 16.5 Å². The maximum absolute atomic E-state index is 11.8. The van der Waals surface area contributed by atoms with Crippen LogP contribution in [0.4, 0.5) is 0 Å². The summed E-state index contributed by atoms with van der Waals surface area (Å²) in [6, 6.07) is 0. The summed E-state index contributed by atoms with van der Waals surface area (Å²) in [7, 11) is 0. The van der Waals surface area contributed by atoms with Crippen LogP contribution in [0.3, 0.4) is 0 Å². The van der Waals surface area contributed by atoms with Crippen molar-refractivity contribution in [2.45, 2.75) is 40.0 Å². The monoisotopic (exact) mass is 315 g/mol. The largest absolute Gasteiger partial charge is 0.356 e. The molecule has 0 atom stereocenters. The van der Waals surface area contributed by atoms with Crippen LogP contribution in [-0.4, -0.2) is 41.5 Å². The minimum Gasteiger partial charge on any atom is -0.356 e. The first-order chi connectivity index (χ1) is 9.99. The van der Waals surface area contributed by atoms with Gasteiger partial charge < -0.3 is 14.7 Å². The molecule has 1 aromatic rings. The summed E-state index contributed by atoms with van der Waals surface area (Å²) in [5, 5.41) is 6.70. The van der Waals surface area contributed by atoms with Gasteiger partial charge in [0.05, 0.1) is 5.69 Å². The van der Waals surface area contributed by atoms with Gasteiger partial charge in [-0.1, -0.05) is 5.16 Å². The molecule has 0 saturated heterocycles. The smallest absolute Gasteiger partial charge is 0.229 e. The van der Waals surface area contributed by atoms with Crippen LogP contribution in [0.2, 0.25) is 5.22 Å². The summed E-state index contributed by atoms with van der Waals surface area (Å²) in [6.07, 6.45) is 1.09. The number of carbonyl (C=O) groups excluding carboxylic acids is 2. The first-order valence-corrected chi connectivity index (χ1v) is 7.52. The third-order valence-electron chi connectivity index (χ3n) is 3.32. The topological polar surface area (TPSA) is 75.4 Å². The Kier molecular flexibility index (Phi) is 7.22. The van der Waals surface area contributed by atoms with Gasteiger partial charge in [0.25, 0.3) is 0 Å². The number of nitrogens with one attached hydrogen (secondary N) is 1. The molecular formula is C14H22ClN3O3. The van der Waals surface area contributed by atoms with Crippen molar-refractivity contribution in [3.8, 4) is 0 Å². The highest BCUT2D eigenvalue weighted by atomic mass is 35.5. The van der Waals surface area contributed by atoms with Crippen molar-refractivity contribution in [1.82, 2.24) is 15.4 Å². The summed E-state index contributed by atoms with van der Waals surface area (Å²) >= 11 is 5.83. The van der Waals surface area contributed by atoms with Gasteiger partial charge in [-0.2, -0.15) is 0 Å².